The van der Waals surface area contributed by atoms with E-state index in [0.717, 1.165) is 33.1 Å². The maximum Gasteiger partial charge on any atom is 0.143 e. The number of nitrogens with one attached hydrogen (secondary N) is 3. The third kappa shape index (κ3) is 5.40. The number of rotatable bonds is 5. The molecule has 3 aliphatic rings. The third-order valence-electron chi connectivity index (χ3n) is 12.0. The van der Waals surface area contributed by atoms with Gasteiger partial charge in [0.2, 0.25) is 0 Å². The maximum absolute atomic E-state index is 7.09. The number of thiophene rings is 1. The van der Waals surface area contributed by atoms with Crippen LogP contribution >= 0.6 is 23.1 Å². The molecule has 1 aliphatic carbocycles. The monoisotopic (exact) mass is 771 g/mol. The summed E-state index contributed by atoms with van der Waals surface area (Å²) in [6, 6.07) is 54.9. The van der Waals surface area contributed by atoms with E-state index in [1.54, 1.807) is 0 Å². The molecule has 4 unspecified atom stereocenters. The van der Waals surface area contributed by atoms with Gasteiger partial charge in [-0.1, -0.05) is 176 Å². The van der Waals surface area contributed by atoms with Gasteiger partial charge in [-0.15, -0.1) is 23.1 Å². The van der Waals surface area contributed by atoms with E-state index < -0.39 is 0 Å². The second-order valence-electron chi connectivity index (χ2n) is 15.2. The fourth-order valence-electron chi connectivity index (χ4n) is 9.30. The Hall–Kier alpha value is -5.73. The zero-order valence-electron chi connectivity index (χ0n) is 30.9. The highest BCUT2D eigenvalue weighted by Gasteiger charge is 2.34. The highest BCUT2D eigenvalue weighted by Crippen LogP contribution is 2.53. The lowest BCUT2D eigenvalue weighted by Crippen LogP contribution is -2.54. The molecule has 57 heavy (non-hydrogen) atoms. The van der Waals surface area contributed by atoms with Crippen LogP contribution in [0.5, 0.6) is 0 Å². The second-order valence-corrected chi connectivity index (χ2v) is 17.4. The largest absolute Gasteiger partial charge is 0.455 e. The van der Waals surface area contributed by atoms with E-state index in [1.807, 2.05) is 23.1 Å². The molecule has 0 saturated carbocycles. The number of allylic oxidation sites excluding steroid dienone is 3. The molecule has 4 heterocycles. The lowest BCUT2D eigenvalue weighted by atomic mass is 9.90. The Morgan fingerprint density at radius 2 is 0.947 bits per heavy atom. The molecule has 2 aromatic heterocycles. The fraction of sp³-hybridized carbons (Fsp3) is 0.0980. The third-order valence-corrected chi connectivity index (χ3v) is 14.7. The van der Waals surface area contributed by atoms with Crippen molar-refractivity contribution < 1.29 is 4.42 Å². The lowest BCUT2D eigenvalue weighted by molar-refractivity contribution is 0.204. The number of benzene rings is 7. The van der Waals surface area contributed by atoms with Crippen molar-refractivity contribution in [1.29, 1.82) is 0 Å². The SMILES string of the molecule is C1=CC2Sc3c(-c4cccc5c4oc4c(-c6cccc7c6sc6c(C8NC(c9ccccc9)NC(c9ccccc9)N8)cccc67)cccc45)cccc3C2C=C1. The van der Waals surface area contributed by atoms with Crippen molar-refractivity contribution >= 4 is 65.2 Å². The molecular weight excluding hydrogens is 735 g/mol. The van der Waals surface area contributed by atoms with E-state index in [0.29, 0.717) is 11.2 Å². The zero-order valence-corrected chi connectivity index (χ0v) is 32.5. The topological polar surface area (TPSA) is 49.2 Å². The normalized spacial score (nSPS) is 21.4. The van der Waals surface area contributed by atoms with E-state index in [-0.39, 0.29) is 18.5 Å². The summed E-state index contributed by atoms with van der Waals surface area (Å²) in [6.07, 6.45) is 8.90. The van der Waals surface area contributed by atoms with Gasteiger partial charge in [0.05, 0.1) is 18.5 Å². The molecule has 7 aromatic carbocycles. The Bertz CT molecular complexity index is 3030. The van der Waals surface area contributed by atoms with Crippen molar-refractivity contribution in [1.82, 2.24) is 16.0 Å². The van der Waals surface area contributed by atoms with Gasteiger partial charge in [0.25, 0.3) is 0 Å². The van der Waals surface area contributed by atoms with Crippen molar-refractivity contribution in [2.45, 2.75) is 34.6 Å². The van der Waals surface area contributed by atoms with Crippen LogP contribution in [0, 0.1) is 0 Å². The molecular formula is C51H37N3OS2. The van der Waals surface area contributed by atoms with Gasteiger partial charge in [-0.25, -0.2) is 0 Å². The average molecular weight is 772 g/mol. The number of hydrogen-bond acceptors (Lipinski definition) is 6. The smallest absolute Gasteiger partial charge is 0.143 e. The Morgan fingerprint density at radius 1 is 0.421 bits per heavy atom. The second kappa shape index (κ2) is 13.4. The van der Waals surface area contributed by atoms with Gasteiger partial charge >= 0.3 is 0 Å². The molecule has 0 radical (unpaired) electrons. The number of fused-ring (bicyclic) bond motifs is 9. The first-order chi connectivity index (χ1) is 28.3. The molecule has 2 aliphatic heterocycles. The summed E-state index contributed by atoms with van der Waals surface area (Å²) in [4.78, 5) is 1.37. The van der Waals surface area contributed by atoms with Crippen LogP contribution in [0.25, 0.3) is 64.4 Å². The van der Waals surface area contributed by atoms with E-state index in [9.17, 15) is 0 Å². The van der Waals surface area contributed by atoms with Gasteiger partial charge in [0, 0.05) is 69.3 Å². The minimum Gasteiger partial charge on any atom is -0.455 e. The van der Waals surface area contributed by atoms with E-state index >= 15 is 0 Å². The van der Waals surface area contributed by atoms with Crippen LogP contribution in [0.1, 0.15) is 46.7 Å². The zero-order chi connectivity index (χ0) is 37.5. The summed E-state index contributed by atoms with van der Waals surface area (Å²) in [7, 11) is 0. The Morgan fingerprint density at radius 3 is 1.65 bits per heavy atom. The maximum atomic E-state index is 7.09. The van der Waals surface area contributed by atoms with E-state index in [4.69, 9.17) is 4.42 Å². The minimum atomic E-state index is -0.0901. The highest BCUT2D eigenvalue weighted by atomic mass is 32.2. The molecule has 1 saturated heterocycles. The van der Waals surface area contributed by atoms with Crippen molar-refractivity contribution in [3.05, 3.63) is 198 Å². The van der Waals surface area contributed by atoms with Gasteiger partial charge in [0.1, 0.15) is 11.2 Å². The van der Waals surface area contributed by atoms with Crippen LogP contribution in [0.2, 0.25) is 0 Å². The van der Waals surface area contributed by atoms with E-state index in [1.165, 1.54) is 58.4 Å². The summed E-state index contributed by atoms with van der Waals surface area (Å²) in [5.41, 5.74) is 11.7. The number of furan rings is 1. The standard InChI is InChI=1S/C51H37N3OS2/c1-3-14-30(15-4-1)49-52-50(31-16-5-2-6-17-31)54-51(53-49)42-28-13-27-41-40-26-12-25-39(47(40)57-48(41)42)36-22-10-20-34-33-19-9-21-35(44(33)55-45(34)36)38-24-11-23-37-32-18-7-8-29-43(32)56-46(37)38/h1-29,32,43,49-54H. The summed E-state index contributed by atoms with van der Waals surface area (Å²) in [6.45, 7) is 0. The molecule has 3 N–H and O–H groups in total. The first-order valence-electron chi connectivity index (χ1n) is 19.7. The lowest BCUT2D eigenvalue weighted by Gasteiger charge is -2.39. The Labute approximate surface area is 338 Å². The predicted molar refractivity (Wildman–Crippen MR) is 239 cm³/mol. The highest BCUT2D eigenvalue weighted by molar-refractivity contribution is 8.00. The molecule has 4 nitrogen and oxygen atoms in total. The van der Waals surface area contributed by atoms with Crippen molar-refractivity contribution in [3.63, 3.8) is 0 Å². The molecule has 0 amide bonds. The van der Waals surface area contributed by atoms with Crippen molar-refractivity contribution in [2.75, 3.05) is 0 Å². The fourth-order valence-corrected chi connectivity index (χ4v) is 12.1. The Kier molecular flexibility index (Phi) is 7.88. The molecule has 12 rings (SSSR count). The first-order valence-corrected chi connectivity index (χ1v) is 21.4. The van der Waals surface area contributed by atoms with Gasteiger partial charge in [-0.2, -0.15) is 0 Å². The molecule has 0 bridgehead atoms. The minimum absolute atomic E-state index is 0.0354. The number of hydrogen-bond donors (Lipinski definition) is 3. The molecule has 1 fully saturated rings. The van der Waals surface area contributed by atoms with Crippen LogP contribution in [-0.4, -0.2) is 5.25 Å². The van der Waals surface area contributed by atoms with Gasteiger partial charge in [0.15, 0.2) is 0 Å². The molecule has 0 spiro atoms. The van der Waals surface area contributed by atoms with Crippen LogP contribution in [0.15, 0.2) is 185 Å². The number of para-hydroxylation sites is 2. The summed E-state index contributed by atoms with van der Waals surface area (Å²) >= 11 is 3.86. The van der Waals surface area contributed by atoms with Crippen LogP contribution in [0.4, 0.5) is 0 Å². The molecule has 274 valence electrons. The van der Waals surface area contributed by atoms with Crippen LogP contribution in [-0.2, 0) is 0 Å². The molecule has 4 atom stereocenters. The first kappa shape index (κ1) is 33.4. The van der Waals surface area contributed by atoms with Gasteiger partial charge in [-0.3, -0.25) is 16.0 Å². The number of thioether (sulfide) groups is 1. The van der Waals surface area contributed by atoms with Crippen molar-refractivity contribution in [2.24, 2.45) is 0 Å². The van der Waals surface area contributed by atoms with Gasteiger partial charge < -0.3 is 4.42 Å². The summed E-state index contributed by atoms with van der Waals surface area (Å²) in [5, 5.41) is 16.9. The Balaban J connectivity index is 0.988. The quantitative estimate of drug-likeness (QED) is 0.163. The van der Waals surface area contributed by atoms with Crippen molar-refractivity contribution in [3.8, 4) is 22.3 Å². The van der Waals surface area contributed by atoms with Crippen LogP contribution < -0.4 is 16.0 Å². The average Bonchev–Trinajstić information content (AvgIpc) is 3.98. The predicted octanol–water partition coefficient (Wildman–Crippen LogP) is 13.2. The summed E-state index contributed by atoms with van der Waals surface area (Å²) < 4.78 is 9.64. The molecule has 6 heteroatoms. The van der Waals surface area contributed by atoms with Gasteiger partial charge in [-0.05, 0) is 22.3 Å². The summed E-state index contributed by atoms with van der Waals surface area (Å²) in [5.74, 6) is 0.413. The van der Waals surface area contributed by atoms with E-state index in [2.05, 4.69) is 192 Å². The van der Waals surface area contributed by atoms with Crippen LogP contribution in [0.3, 0.4) is 0 Å². The molecule has 9 aromatic rings.